The maximum Gasteiger partial charge on any atom is 0.203 e. The molecule has 6 rings (SSSR count). The Bertz CT molecular complexity index is 1840. The molecule has 44 heavy (non-hydrogen) atoms. The van der Waals surface area contributed by atoms with Crippen molar-refractivity contribution in [3.8, 4) is 0 Å². The molecule has 4 heterocycles. The molecule has 6 aromatic rings. The number of hydrogen-bond donors (Lipinski definition) is 1. The predicted octanol–water partition coefficient (Wildman–Crippen LogP) is 8.63. The Morgan fingerprint density at radius 2 is 1.48 bits per heavy atom. The number of furan rings is 1. The minimum absolute atomic E-state index is 0.0000813. The third-order valence-electron chi connectivity index (χ3n) is 6.86. The number of Topliss-reactive ketones (excluding diaryl/α,β-unsaturated/α-hetero) is 3. The topological polar surface area (TPSA) is 110 Å². The van der Waals surface area contributed by atoms with Crippen LogP contribution >= 0.6 is 0 Å². The van der Waals surface area contributed by atoms with Gasteiger partial charge >= 0.3 is 0 Å². The SMILES string of the molecule is CC(C)(C)C(=O)c1cc2ccccc2o1.CC(C)(C)C(=O)c1ccc2cn[nH]c2c1.CC(C)C(=O)c1cc2ccccn2n1. The number of fused-ring (bicyclic) bond motifs is 3. The number of nitrogens with one attached hydrogen (secondary N) is 1. The molecule has 0 aliphatic rings. The molecule has 0 atom stereocenters. The maximum atomic E-state index is 12.0. The van der Waals surface area contributed by atoms with Crippen LogP contribution in [0.2, 0.25) is 0 Å². The van der Waals surface area contributed by atoms with Crippen molar-refractivity contribution in [2.75, 3.05) is 0 Å². The first kappa shape index (κ1) is 32.1. The lowest BCUT2D eigenvalue weighted by Crippen LogP contribution is -2.19. The molecule has 8 heteroatoms. The van der Waals surface area contributed by atoms with Crippen LogP contribution in [0.15, 0.2) is 89.6 Å². The largest absolute Gasteiger partial charge is 0.453 e. The van der Waals surface area contributed by atoms with Crippen molar-refractivity contribution in [2.24, 2.45) is 16.7 Å². The molecule has 0 unspecified atom stereocenters. The van der Waals surface area contributed by atoms with Crippen LogP contribution in [-0.4, -0.2) is 37.2 Å². The van der Waals surface area contributed by atoms with Gasteiger partial charge in [0.2, 0.25) is 5.78 Å². The van der Waals surface area contributed by atoms with Gasteiger partial charge in [-0.15, -0.1) is 0 Å². The van der Waals surface area contributed by atoms with Crippen LogP contribution < -0.4 is 0 Å². The second-order valence-electron chi connectivity index (χ2n) is 13.1. The van der Waals surface area contributed by atoms with Crippen molar-refractivity contribution in [1.29, 1.82) is 0 Å². The fourth-order valence-electron chi connectivity index (χ4n) is 4.33. The lowest BCUT2D eigenvalue weighted by Gasteiger charge is -2.16. The molecule has 0 saturated carbocycles. The summed E-state index contributed by atoms with van der Waals surface area (Å²) < 4.78 is 7.22. The summed E-state index contributed by atoms with van der Waals surface area (Å²) in [7, 11) is 0. The standard InChI is InChI=1S/C13H14O2.C12H14N2O.C11H12N2O/c1-13(2,3)12(14)11-8-9-6-4-5-7-10(9)15-11;1-12(2,3)11(15)8-4-5-9-7-13-14-10(9)6-8;1-8(2)11(14)10-7-9-5-3-4-6-13(9)12-10/h4-8H,1-3H3;4-7H,1-3H3,(H,13,14);3-8H,1-2H3. The Balaban J connectivity index is 0.000000151. The van der Waals surface area contributed by atoms with Crippen LogP contribution in [0.3, 0.4) is 0 Å². The molecular formula is C36H40N4O4. The van der Waals surface area contributed by atoms with Gasteiger partial charge in [0, 0.05) is 39.3 Å². The van der Waals surface area contributed by atoms with Crippen LogP contribution in [-0.2, 0) is 0 Å². The second-order valence-corrected chi connectivity index (χ2v) is 13.1. The molecule has 228 valence electrons. The van der Waals surface area contributed by atoms with Crippen LogP contribution in [0.4, 0.5) is 0 Å². The van der Waals surface area contributed by atoms with Gasteiger partial charge in [0.05, 0.1) is 17.2 Å². The zero-order valence-electron chi connectivity index (χ0n) is 26.6. The number of pyridine rings is 1. The number of hydrogen-bond acceptors (Lipinski definition) is 6. The number of para-hydroxylation sites is 1. The summed E-state index contributed by atoms with van der Waals surface area (Å²) in [6.45, 7) is 15.2. The predicted molar refractivity (Wildman–Crippen MR) is 174 cm³/mol. The van der Waals surface area contributed by atoms with Gasteiger partial charge in [-0.2, -0.15) is 10.2 Å². The van der Waals surface area contributed by atoms with Gasteiger partial charge in [-0.05, 0) is 36.4 Å². The Hall–Kier alpha value is -4.85. The van der Waals surface area contributed by atoms with Crippen molar-refractivity contribution in [3.63, 3.8) is 0 Å². The van der Waals surface area contributed by atoms with Crippen LogP contribution in [0.5, 0.6) is 0 Å². The molecule has 0 radical (unpaired) electrons. The van der Waals surface area contributed by atoms with Crippen molar-refractivity contribution >= 4 is 44.7 Å². The van der Waals surface area contributed by atoms with Crippen LogP contribution in [0.1, 0.15) is 86.8 Å². The molecule has 1 N–H and O–H groups in total. The van der Waals surface area contributed by atoms with E-state index in [4.69, 9.17) is 4.42 Å². The van der Waals surface area contributed by atoms with Gasteiger partial charge in [0.15, 0.2) is 17.3 Å². The summed E-state index contributed by atoms with van der Waals surface area (Å²) in [5.41, 5.74) is 3.18. The molecular weight excluding hydrogens is 552 g/mol. The van der Waals surface area contributed by atoms with Crippen LogP contribution in [0, 0.1) is 16.7 Å². The van der Waals surface area contributed by atoms with Gasteiger partial charge in [0.25, 0.3) is 0 Å². The smallest absolute Gasteiger partial charge is 0.203 e. The van der Waals surface area contributed by atoms with Crippen molar-refractivity contribution in [1.82, 2.24) is 19.8 Å². The average Bonchev–Trinajstić information content (AvgIpc) is 3.73. The average molecular weight is 593 g/mol. The van der Waals surface area contributed by atoms with E-state index in [0.29, 0.717) is 11.5 Å². The van der Waals surface area contributed by atoms with Crippen LogP contribution in [0.25, 0.3) is 27.4 Å². The molecule has 2 aromatic carbocycles. The summed E-state index contributed by atoms with van der Waals surface area (Å²) in [4.78, 5) is 35.6. The summed E-state index contributed by atoms with van der Waals surface area (Å²) in [6.07, 6.45) is 3.59. The lowest BCUT2D eigenvalue weighted by molar-refractivity contribution is 0.0829. The summed E-state index contributed by atoms with van der Waals surface area (Å²) in [5, 5.41) is 13.0. The third kappa shape index (κ3) is 7.56. The number of aromatic nitrogens is 4. The molecule has 0 aliphatic carbocycles. The minimum atomic E-state index is -0.395. The first-order valence-electron chi connectivity index (χ1n) is 14.6. The summed E-state index contributed by atoms with van der Waals surface area (Å²) >= 11 is 0. The zero-order chi connectivity index (χ0) is 32.2. The van der Waals surface area contributed by atoms with Gasteiger partial charge in [-0.1, -0.05) is 91.8 Å². The number of carbonyl (C=O) groups is 3. The molecule has 0 aliphatic heterocycles. The Morgan fingerprint density at radius 3 is 2.11 bits per heavy atom. The normalized spacial score (nSPS) is 11.7. The summed E-state index contributed by atoms with van der Waals surface area (Å²) in [5.74, 6) is 0.731. The molecule has 0 saturated heterocycles. The van der Waals surface area contributed by atoms with E-state index < -0.39 is 5.41 Å². The second kappa shape index (κ2) is 12.8. The van der Waals surface area contributed by atoms with E-state index in [2.05, 4.69) is 15.3 Å². The number of benzene rings is 2. The van der Waals surface area contributed by atoms with E-state index in [1.165, 1.54) is 0 Å². The first-order valence-corrected chi connectivity index (χ1v) is 14.6. The maximum absolute atomic E-state index is 12.0. The Kier molecular flexibility index (Phi) is 9.33. The molecule has 0 fully saturated rings. The minimum Gasteiger partial charge on any atom is -0.453 e. The van der Waals surface area contributed by atoms with Crippen molar-refractivity contribution in [3.05, 3.63) is 102 Å². The monoisotopic (exact) mass is 592 g/mol. The number of rotatable bonds is 4. The van der Waals surface area contributed by atoms with Gasteiger partial charge in [-0.25, -0.2) is 4.52 Å². The number of aromatic amines is 1. The van der Waals surface area contributed by atoms with Crippen molar-refractivity contribution in [2.45, 2.75) is 55.4 Å². The molecule has 0 amide bonds. The van der Waals surface area contributed by atoms with E-state index in [1.807, 2.05) is 134 Å². The molecule has 0 bridgehead atoms. The highest BCUT2D eigenvalue weighted by Gasteiger charge is 2.26. The quantitative estimate of drug-likeness (QED) is 0.205. The highest BCUT2D eigenvalue weighted by Crippen LogP contribution is 2.26. The first-order chi connectivity index (χ1) is 20.6. The zero-order valence-corrected chi connectivity index (χ0v) is 26.6. The van der Waals surface area contributed by atoms with E-state index in [-0.39, 0.29) is 28.7 Å². The van der Waals surface area contributed by atoms with E-state index >= 15 is 0 Å². The number of ketones is 3. The molecule has 0 spiro atoms. The molecule has 8 nitrogen and oxygen atoms in total. The van der Waals surface area contributed by atoms with Gasteiger partial charge in [-0.3, -0.25) is 19.5 Å². The third-order valence-corrected chi connectivity index (χ3v) is 6.86. The number of carbonyl (C=O) groups excluding carboxylic acids is 3. The van der Waals surface area contributed by atoms with E-state index in [0.717, 1.165) is 33.0 Å². The fraction of sp³-hybridized carbons (Fsp3) is 0.306. The van der Waals surface area contributed by atoms with E-state index in [9.17, 15) is 14.4 Å². The fourth-order valence-corrected chi connectivity index (χ4v) is 4.33. The molecule has 4 aromatic heterocycles. The van der Waals surface area contributed by atoms with E-state index in [1.54, 1.807) is 10.7 Å². The lowest BCUT2D eigenvalue weighted by atomic mass is 9.86. The van der Waals surface area contributed by atoms with Gasteiger partial charge < -0.3 is 4.42 Å². The summed E-state index contributed by atoms with van der Waals surface area (Å²) in [6, 6.07) is 22.7. The Labute approximate surface area is 257 Å². The Morgan fingerprint density at radius 1 is 0.795 bits per heavy atom. The number of H-pyrrole nitrogens is 1. The number of nitrogens with zero attached hydrogens (tertiary/aromatic N) is 3. The highest BCUT2D eigenvalue weighted by atomic mass is 16.3. The van der Waals surface area contributed by atoms with Crippen molar-refractivity contribution < 1.29 is 18.8 Å². The highest BCUT2D eigenvalue weighted by molar-refractivity contribution is 6.02. The van der Waals surface area contributed by atoms with Gasteiger partial charge in [0.1, 0.15) is 11.3 Å².